The molecular weight excluding hydrogens is 188 g/mol. The Hall–Kier alpha value is -1.22. The zero-order chi connectivity index (χ0) is 11.3. The molecule has 0 aliphatic rings. The normalized spacial score (nSPS) is 10.7. The van der Waals surface area contributed by atoms with E-state index in [9.17, 15) is 5.11 Å². The van der Waals surface area contributed by atoms with E-state index >= 15 is 0 Å². The minimum absolute atomic E-state index is 0.362. The third-order valence-electron chi connectivity index (χ3n) is 2.91. The van der Waals surface area contributed by atoms with Gasteiger partial charge >= 0.3 is 0 Å². The van der Waals surface area contributed by atoms with Crippen LogP contribution in [0.5, 0.6) is 5.75 Å². The number of hydrogen-bond acceptors (Lipinski definition) is 3. The highest BCUT2D eigenvalue weighted by molar-refractivity contribution is 5.50. The van der Waals surface area contributed by atoms with Gasteiger partial charge in [-0.1, -0.05) is 26.7 Å². The van der Waals surface area contributed by atoms with Crippen molar-refractivity contribution < 1.29 is 5.11 Å². The Morgan fingerprint density at radius 2 is 2.00 bits per heavy atom. The maximum Gasteiger partial charge on any atom is 0.118 e. The average molecular weight is 208 g/mol. The molecule has 1 rings (SSSR count). The predicted octanol–water partition coefficient (Wildman–Crippen LogP) is 2.66. The standard InChI is InChI=1S/C12H20N2O/c1-3-9(4-2)7-10-8-11(14-13)5-6-12(10)15/h5-6,8-9,14-15H,3-4,7,13H2,1-2H3. The maximum absolute atomic E-state index is 9.70. The molecule has 0 aliphatic carbocycles. The van der Waals surface area contributed by atoms with E-state index in [1.165, 1.54) is 0 Å². The summed E-state index contributed by atoms with van der Waals surface area (Å²) in [5.74, 6) is 6.32. The number of phenols is 1. The van der Waals surface area contributed by atoms with Crippen molar-refractivity contribution >= 4 is 5.69 Å². The summed E-state index contributed by atoms with van der Waals surface area (Å²) in [4.78, 5) is 0. The van der Waals surface area contributed by atoms with Gasteiger partial charge in [0.05, 0.1) is 0 Å². The Morgan fingerprint density at radius 1 is 1.33 bits per heavy atom. The summed E-state index contributed by atoms with van der Waals surface area (Å²) in [7, 11) is 0. The Kier molecular flexibility index (Phi) is 4.43. The smallest absolute Gasteiger partial charge is 0.118 e. The van der Waals surface area contributed by atoms with Crippen LogP contribution >= 0.6 is 0 Å². The molecule has 0 aromatic heterocycles. The van der Waals surface area contributed by atoms with Crippen molar-refractivity contribution in [1.29, 1.82) is 0 Å². The molecule has 0 spiro atoms. The summed E-state index contributed by atoms with van der Waals surface area (Å²) in [5.41, 5.74) is 4.41. The Labute approximate surface area is 91.3 Å². The topological polar surface area (TPSA) is 58.3 Å². The molecule has 0 amide bonds. The lowest BCUT2D eigenvalue weighted by Gasteiger charge is -2.14. The van der Waals surface area contributed by atoms with Crippen molar-refractivity contribution in [3.05, 3.63) is 23.8 Å². The first kappa shape index (κ1) is 11.9. The zero-order valence-corrected chi connectivity index (χ0v) is 9.46. The van der Waals surface area contributed by atoms with Crippen LogP contribution in [0.15, 0.2) is 18.2 Å². The van der Waals surface area contributed by atoms with Crippen LogP contribution in [0, 0.1) is 5.92 Å². The fourth-order valence-corrected chi connectivity index (χ4v) is 1.73. The van der Waals surface area contributed by atoms with Gasteiger partial charge in [0, 0.05) is 5.69 Å². The van der Waals surface area contributed by atoms with E-state index in [1.807, 2.05) is 6.07 Å². The fourth-order valence-electron chi connectivity index (χ4n) is 1.73. The molecule has 0 heterocycles. The van der Waals surface area contributed by atoms with Gasteiger partial charge in [-0.3, -0.25) is 5.84 Å². The summed E-state index contributed by atoms with van der Waals surface area (Å²) in [6.07, 6.45) is 3.18. The van der Waals surface area contributed by atoms with Gasteiger partial charge in [-0.2, -0.15) is 0 Å². The third kappa shape index (κ3) is 3.13. The summed E-state index contributed by atoms with van der Waals surface area (Å²) >= 11 is 0. The van der Waals surface area contributed by atoms with Gasteiger partial charge < -0.3 is 10.5 Å². The van der Waals surface area contributed by atoms with Crippen LogP contribution in [0.1, 0.15) is 32.3 Å². The molecule has 0 bridgehead atoms. The summed E-state index contributed by atoms with van der Waals surface area (Å²) in [6, 6.07) is 5.37. The molecule has 0 radical (unpaired) electrons. The van der Waals surface area contributed by atoms with Gasteiger partial charge in [0.25, 0.3) is 0 Å². The van der Waals surface area contributed by atoms with Crippen molar-refractivity contribution in [3.8, 4) is 5.75 Å². The van der Waals surface area contributed by atoms with E-state index in [-0.39, 0.29) is 0 Å². The van der Waals surface area contributed by atoms with Gasteiger partial charge in [0.2, 0.25) is 0 Å². The van der Waals surface area contributed by atoms with E-state index in [0.29, 0.717) is 11.7 Å². The van der Waals surface area contributed by atoms with Crippen molar-refractivity contribution in [3.63, 3.8) is 0 Å². The first-order valence-corrected chi connectivity index (χ1v) is 5.49. The van der Waals surface area contributed by atoms with Crippen molar-refractivity contribution in [1.82, 2.24) is 0 Å². The van der Waals surface area contributed by atoms with Gasteiger partial charge in [-0.25, -0.2) is 0 Å². The lowest BCUT2D eigenvalue weighted by molar-refractivity contribution is 0.444. The Morgan fingerprint density at radius 3 is 2.53 bits per heavy atom. The van der Waals surface area contributed by atoms with Gasteiger partial charge in [-0.05, 0) is 36.1 Å². The summed E-state index contributed by atoms with van der Waals surface area (Å²) < 4.78 is 0. The highest BCUT2D eigenvalue weighted by atomic mass is 16.3. The van der Waals surface area contributed by atoms with Crippen LogP contribution < -0.4 is 11.3 Å². The molecule has 0 unspecified atom stereocenters. The number of anilines is 1. The molecular formula is C12H20N2O. The number of phenolic OH excluding ortho intramolecular Hbond substituents is 1. The molecule has 15 heavy (non-hydrogen) atoms. The van der Waals surface area contributed by atoms with Crippen LogP contribution in [0.25, 0.3) is 0 Å². The van der Waals surface area contributed by atoms with Gasteiger partial charge in [-0.15, -0.1) is 0 Å². The number of hydrazine groups is 1. The molecule has 0 fully saturated rings. The highest BCUT2D eigenvalue weighted by Gasteiger charge is 2.09. The number of benzene rings is 1. The highest BCUT2D eigenvalue weighted by Crippen LogP contribution is 2.25. The third-order valence-corrected chi connectivity index (χ3v) is 2.91. The maximum atomic E-state index is 9.70. The average Bonchev–Trinajstić information content (AvgIpc) is 2.28. The van der Waals surface area contributed by atoms with E-state index in [0.717, 1.165) is 30.5 Å². The quantitative estimate of drug-likeness (QED) is 0.396. The molecule has 1 aromatic rings. The summed E-state index contributed by atoms with van der Waals surface area (Å²) in [5, 5.41) is 9.70. The van der Waals surface area contributed by atoms with Gasteiger partial charge in [0.1, 0.15) is 5.75 Å². The lowest BCUT2D eigenvalue weighted by atomic mass is 9.94. The zero-order valence-electron chi connectivity index (χ0n) is 9.46. The minimum Gasteiger partial charge on any atom is -0.508 e. The van der Waals surface area contributed by atoms with Crippen LogP contribution in [-0.4, -0.2) is 5.11 Å². The van der Waals surface area contributed by atoms with E-state index in [4.69, 9.17) is 5.84 Å². The Bertz CT molecular complexity index is 308. The second-order valence-corrected chi connectivity index (χ2v) is 3.87. The number of rotatable bonds is 5. The fraction of sp³-hybridized carbons (Fsp3) is 0.500. The molecule has 84 valence electrons. The van der Waals surface area contributed by atoms with E-state index in [1.54, 1.807) is 12.1 Å². The molecule has 3 nitrogen and oxygen atoms in total. The number of aromatic hydroxyl groups is 1. The van der Waals surface area contributed by atoms with E-state index in [2.05, 4.69) is 19.3 Å². The molecule has 0 saturated heterocycles. The van der Waals surface area contributed by atoms with Crippen LogP contribution in [0.2, 0.25) is 0 Å². The number of hydrogen-bond donors (Lipinski definition) is 3. The molecule has 0 saturated carbocycles. The largest absolute Gasteiger partial charge is 0.508 e. The minimum atomic E-state index is 0.362. The number of nitrogen functional groups attached to an aromatic ring is 1. The van der Waals surface area contributed by atoms with Crippen molar-refractivity contribution in [2.24, 2.45) is 11.8 Å². The Balaban J connectivity index is 2.82. The van der Waals surface area contributed by atoms with Crippen LogP contribution in [0.4, 0.5) is 5.69 Å². The first-order valence-electron chi connectivity index (χ1n) is 5.49. The lowest BCUT2D eigenvalue weighted by Crippen LogP contribution is -2.08. The second-order valence-electron chi connectivity index (χ2n) is 3.87. The van der Waals surface area contributed by atoms with Crippen molar-refractivity contribution in [2.75, 3.05) is 5.43 Å². The molecule has 0 aliphatic heterocycles. The number of nitrogens with two attached hydrogens (primary N) is 1. The number of nitrogens with one attached hydrogen (secondary N) is 1. The monoisotopic (exact) mass is 208 g/mol. The molecule has 3 heteroatoms. The SMILES string of the molecule is CCC(CC)Cc1cc(NN)ccc1O. The molecule has 0 atom stereocenters. The van der Waals surface area contributed by atoms with Crippen molar-refractivity contribution in [2.45, 2.75) is 33.1 Å². The van der Waals surface area contributed by atoms with E-state index < -0.39 is 0 Å². The second kappa shape index (κ2) is 5.61. The first-order chi connectivity index (χ1) is 7.21. The summed E-state index contributed by atoms with van der Waals surface area (Å²) in [6.45, 7) is 4.35. The molecule has 4 N–H and O–H groups in total. The molecule has 1 aromatic carbocycles. The van der Waals surface area contributed by atoms with Crippen LogP contribution in [0.3, 0.4) is 0 Å². The van der Waals surface area contributed by atoms with Gasteiger partial charge in [0.15, 0.2) is 0 Å². The predicted molar refractivity (Wildman–Crippen MR) is 63.7 cm³/mol. The van der Waals surface area contributed by atoms with Crippen LogP contribution in [-0.2, 0) is 6.42 Å².